The Balaban J connectivity index is 1.80. The van der Waals surface area contributed by atoms with Crippen LogP contribution in [0.25, 0.3) is 0 Å². The van der Waals surface area contributed by atoms with Crippen LogP contribution in [0.1, 0.15) is 5.56 Å². The summed E-state index contributed by atoms with van der Waals surface area (Å²) in [5.41, 5.74) is 1.15. The quantitative estimate of drug-likeness (QED) is 0.865. The average molecular weight is 282 g/mol. The summed E-state index contributed by atoms with van der Waals surface area (Å²) < 4.78 is 0. The Labute approximate surface area is 117 Å². The third-order valence-corrected chi connectivity index (χ3v) is 4.59. The van der Waals surface area contributed by atoms with Crippen molar-refractivity contribution in [3.63, 3.8) is 0 Å². The predicted octanol–water partition coefficient (Wildman–Crippen LogP) is 2.67. The molecule has 1 saturated heterocycles. The normalized spacial score (nSPS) is 15.5. The molecule has 0 aliphatic carbocycles. The minimum atomic E-state index is 0.0595. The second-order valence-corrected chi connectivity index (χ2v) is 6.21. The molecule has 5 heteroatoms. The Morgan fingerprint density at radius 1 is 1.33 bits per heavy atom. The lowest BCUT2D eigenvalue weighted by Gasteiger charge is -2.26. The van der Waals surface area contributed by atoms with Crippen LogP contribution in [-0.4, -0.2) is 41.8 Å². The summed E-state index contributed by atoms with van der Waals surface area (Å²) in [5.74, 6) is 2.10. The highest BCUT2D eigenvalue weighted by molar-refractivity contribution is 7.99. The lowest BCUT2D eigenvalue weighted by atomic mass is 10.2. The van der Waals surface area contributed by atoms with Crippen LogP contribution in [0.3, 0.4) is 0 Å². The molecule has 1 aliphatic rings. The third kappa shape index (κ3) is 3.85. The molecule has 2 amide bonds. The number of carbonyl (C=O) groups excluding carboxylic acids is 1. The zero-order chi connectivity index (χ0) is 12.8. The predicted molar refractivity (Wildman–Crippen MR) is 79.4 cm³/mol. The van der Waals surface area contributed by atoms with E-state index in [2.05, 4.69) is 35.8 Å². The first-order valence-corrected chi connectivity index (χ1v) is 8.41. The fourth-order valence-corrected chi connectivity index (χ4v) is 3.11. The monoisotopic (exact) mass is 282 g/mol. The number of carbonyl (C=O) groups is 1. The lowest BCUT2D eigenvalue weighted by molar-refractivity contribution is 0.202. The molecule has 0 unspecified atom stereocenters. The van der Waals surface area contributed by atoms with Gasteiger partial charge in [-0.3, -0.25) is 0 Å². The number of amides is 2. The SMILES string of the molecule is CSc1ccc(CNC(=O)N2CCSCC2)cc1. The third-order valence-electron chi connectivity index (χ3n) is 2.90. The summed E-state index contributed by atoms with van der Waals surface area (Å²) >= 11 is 3.64. The minimum Gasteiger partial charge on any atom is -0.334 e. The second-order valence-electron chi connectivity index (χ2n) is 4.11. The van der Waals surface area contributed by atoms with E-state index >= 15 is 0 Å². The van der Waals surface area contributed by atoms with Crippen LogP contribution >= 0.6 is 23.5 Å². The summed E-state index contributed by atoms with van der Waals surface area (Å²) in [5, 5.41) is 2.98. The molecule has 0 spiro atoms. The van der Waals surface area contributed by atoms with E-state index in [0.717, 1.165) is 30.2 Å². The van der Waals surface area contributed by atoms with E-state index in [9.17, 15) is 4.79 Å². The Hall–Kier alpha value is -0.810. The van der Waals surface area contributed by atoms with Crippen LogP contribution in [0.4, 0.5) is 4.79 Å². The first-order chi connectivity index (χ1) is 8.79. The van der Waals surface area contributed by atoms with Crippen LogP contribution in [0.15, 0.2) is 29.2 Å². The fourth-order valence-electron chi connectivity index (χ4n) is 1.80. The molecule has 18 heavy (non-hydrogen) atoms. The van der Waals surface area contributed by atoms with Crippen molar-refractivity contribution in [3.05, 3.63) is 29.8 Å². The van der Waals surface area contributed by atoms with Crippen molar-refractivity contribution in [3.8, 4) is 0 Å². The molecule has 1 aromatic carbocycles. The Kier molecular flexibility index (Phi) is 5.26. The van der Waals surface area contributed by atoms with E-state index in [-0.39, 0.29) is 6.03 Å². The summed E-state index contributed by atoms with van der Waals surface area (Å²) in [6.45, 7) is 2.33. The molecule has 0 bridgehead atoms. The van der Waals surface area contributed by atoms with E-state index < -0.39 is 0 Å². The van der Waals surface area contributed by atoms with Crippen molar-refractivity contribution < 1.29 is 4.79 Å². The Morgan fingerprint density at radius 3 is 2.61 bits per heavy atom. The summed E-state index contributed by atoms with van der Waals surface area (Å²) in [6.07, 6.45) is 2.06. The van der Waals surface area contributed by atoms with Gasteiger partial charge in [-0.1, -0.05) is 12.1 Å². The highest BCUT2D eigenvalue weighted by Gasteiger charge is 2.15. The summed E-state index contributed by atoms with van der Waals surface area (Å²) in [4.78, 5) is 15.0. The van der Waals surface area contributed by atoms with E-state index in [4.69, 9.17) is 0 Å². The standard InChI is InChI=1S/C13H18N2OS2/c1-17-12-4-2-11(3-5-12)10-14-13(16)15-6-8-18-9-7-15/h2-5H,6-10H2,1H3,(H,14,16). The minimum absolute atomic E-state index is 0.0595. The molecule has 2 rings (SSSR count). The second kappa shape index (κ2) is 6.95. The van der Waals surface area contributed by atoms with Crippen LogP contribution in [0.5, 0.6) is 0 Å². The van der Waals surface area contributed by atoms with Crippen LogP contribution < -0.4 is 5.32 Å². The molecule has 1 N–H and O–H groups in total. The topological polar surface area (TPSA) is 32.3 Å². The first-order valence-electron chi connectivity index (χ1n) is 6.03. The largest absolute Gasteiger partial charge is 0.334 e. The van der Waals surface area contributed by atoms with Crippen molar-refractivity contribution in [2.24, 2.45) is 0 Å². The van der Waals surface area contributed by atoms with Gasteiger partial charge in [-0.25, -0.2) is 4.79 Å². The van der Waals surface area contributed by atoms with Crippen molar-refractivity contribution >= 4 is 29.6 Å². The molecule has 0 aromatic heterocycles. The van der Waals surface area contributed by atoms with E-state index in [0.29, 0.717) is 6.54 Å². The highest BCUT2D eigenvalue weighted by Crippen LogP contribution is 2.15. The number of rotatable bonds is 3. The van der Waals surface area contributed by atoms with Gasteiger partial charge in [0.1, 0.15) is 0 Å². The van der Waals surface area contributed by atoms with Gasteiger partial charge in [0.25, 0.3) is 0 Å². The highest BCUT2D eigenvalue weighted by atomic mass is 32.2. The maximum absolute atomic E-state index is 11.9. The van der Waals surface area contributed by atoms with Gasteiger partial charge in [-0.2, -0.15) is 11.8 Å². The lowest BCUT2D eigenvalue weighted by Crippen LogP contribution is -2.44. The van der Waals surface area contributed by atoms with Crippen LogP contribution in [0.2, 0.25) is 0 Å². The van der Waals surface area contributed by atoms with Gasteiger partial charge in [0.2, 0.25) is 0 Å². The zero-order valence-electron chi connectivity index (χ0n) is 10.5. The van der Waals surface area contributed by atoms with E-state index in [1.54, 1.807) is 11.8 Å². The van der Waals surface area contributed by atoms with Crippen LogP contribution in [-0.2, 0) is 6.54 Å². The number of hydrogen-bond donors (Lipinski definition) is 1. The zero-order valence-corrected chi connectivity index (χ0v) is 12.1. The molecular weight excluding hydrogens is 264 g/mol. The molecule has 1 aliphatic heterocycles. The Morgan fingerprint density at radius 2 is 2.00 bits per heavy atom. The molecule has 0 radical (unpaired) electrons. The first kappa shape index (κ1) is 13.6. The van der Waals surface area contributed by atoms with Gasteiger partial charge in [0, 0.05) is 36.0 Å². The fraction of sp³-hybridized carbons (Fsp3) is 0.462. The number of thioether (sulfide) groups is 2. The number of nitrogens with zero attached hydrogens (tertiary/aromatic N) is 1. The number of nitrogens with one attached hydrogen (secondary N) is 1. The van der Waals surface area contributed by atoms with E-state index in [1.807, 2.05) is 16.7 Å². The van der Waals surface area contributed by atoms with Gasteiger partial charge in [0.15, 0.2) is 0 Å². The number of benzene rings is 1. The molecule has 0 atom stereocenters. The molecule has 98 valence electrons. The summed E-state index contributed by atoms with van der Waals surface area (Å²) in [6, 6.07) is 8.37. The van der Waals surface area contributed by atoms with Gasteiger partial charge in [-0.05, 0) is 24.0 Å². The smallest absolute Gasteiger partial charge is 0.317 e. The number of hydrogen-bond acceptors (Lipinski definition) is 3. The van der Waals surface area contributed by atoms with Crippen molar-refractivity contribution in [2.75, 3.05) is 30.9 Å². The Bertz CT molecular complexity index is 388. The molecule has 1 aromatic rings. The van der Waals surface area contributed by atoms with Gasteiger partial charge >= 0.3 is 6.03 Å². The summed E-state index contributed by atoms with van der Waals surface area (Å²) in [7, 11) is 0. The number of urea groups is 1. The van der Waals surface area contributed by atoms with Gasteiger partial charge in [0.05, 0.1) is 0 Å². The van der Waals surface area contributed by atoms with Gasteiger partial charge in [-0.15, -0.1) is 11.8 Å². The van der Waals surface area contributed by atoms with Crippen molar-refractivity contribution in [2.45, 2.75) is 11.4 Å². The maximum Gasteiger partial charge on any atom is 0.317 e. The van der Waals surface area contributed by atoms with Crippen LogP contribution in [0, 0.1) is 0 Å². The maximum atomic E-state index is 11.9. The molecule has 3 nitrogen and oxygen atoms in total. The van der Waals surface area contributed by atoms with Crippen molar-refractivity contribution in [1.82, 2.24) is 10.2 Å². The van der Waals surface area contributed by atoms with Crippen molar-refractivity contribution in [1.29, 1.82) is 0 Å². The molecular formula is C13H18N2OS2. The average Bonchev–Trinajstić information content (AvgIpc) is 2.46. The van der Waals surface area contributed by atoms with Gasteiger partial charge < -0.3 is 10.2 Å². The molecule has 0 saturated carbocycles. The molecule has 1 fully saturated rings. The van der Waals surface area contributed by atoms with E-state index in [1.165, 1.54) is 4.90 Å². The molecule has 1 heterocycles.